The minimum atomic E-state index is 0.933. The van der Waals surface area contributed by atoms with Crippen molar-refractivity contribution in [2.24, 2.45) is 0 Å². The first-order valence-corrected chi connectivity index (χ1v) is 7.14. The first-order chi connectivity index (χ1) is 8.85. The van der Waals surface area contributed by atoms with Crippen LogP contribution in [0.25, 0.3) is 0 Å². The molecular formula is C14H17N3S. The van der Waals surface area contributed by atoms with Gasteiger partial charge in [0.05, 0.1) is 0 Å². The maximum absolute atomic E-state index is 4.38. The van der Waals surface area contributed by atoms with Gasteiger partial charge in [0.1, 0.15) is 0 Å². The van der Waals surface area contributed by atoms with Crippen LogP contribution in [0.15, 0.2) is 30.5 Å². The molecule has 1 N–H and O–H groups in total. The number of benzene rings is 1. The number of rotatable bonds is 4. The van der Waals surface area contributed by atoms with Gasteiger partial charge in [-0.1, -0.05) is 24.3 Å². The Morgan fingerprint density at radius 1 is 1.28 bits per heavy atom. The second-order valence-electron chi connectivity index (χ2n) is 4.58. The molecule has 1 aromatic heterocycles. The Kier molecular flexibility index (Phi) is 3.30. The summed E-state index contributed by atoms with van der Waals surface area (Å²) in [6.45, 7) is 6.15. The Balaban J connectivity index is 1.65. The van der Waals surface area contributed by atoms with Gasteiger partial charge in [-0.25, -0.2) is 4.98 Å². The van der Waals surface area contributed by atoms with Crippen molar-refractivity contribution >= 4 is 16.5 Å². The maximum Gasteiger partial charge on any atom is 0.182 e. The largest absolute Gasteiger partial charge is 0.362 e. The molecule has 0 bridgehead atoms. The van der Waals surface area contributed by atoms with Gasteiger partial charge in [-0.2, -0.15) is 0 Å². The number of nitrogens with zero attached hydrogens (tertiary/aromatic N) is 2. The minimum absolute atomic E-state index is 0.933. The van der Waals surface area contributed by atoms with Gasteiger partial charge >= 0.3 is 0 Å². The summed E-state index contributed by atoms with van der Waals surface area (Å²) in [5.74, 6) is 0. The van der Waals surface area contributed by atoms with Crippen LogP contribution in [0, 0.1) is 0 Å². The van der Waals surface area contributed by atoms with Crippen LogP contribution in [-0.4, -0.2) is 16.4 Å². The van der Waals surface area contributed by atoms with E-state index in [0.717, 1.165) is 31.3 Å². The second kappa shape index (κ2) is 5.08. The molecule has 0 spiro atoms. The van der Waals surface area contributed by atoms with Crippen molar-refractivity contribution in [2.45, 2.75) is 26.6 Å². The van der Waals surface area contributed by atoms with Crippen molar-refractivity contribution in [3.05, 3.63) is 46.5 Å². The average molecular weight is 259 g/mol. The maximum atomic E-state index is 4.38. The quantitative estimate of drug-likeness (QED) is 0.914. The predicted octanol–water partition coefficient (Wildman–Crippen LogP) is 3.09. The number of anilines is 1. The zero-order valence-corrected chi connectivity index (χ0v) is 11.3. The number of aromatic nitrogens is 1. The summed E-state index contributed by atoms with van der Waals surface area (Å²) in [6.07, 6.45) is 1.99. The number of thiazole rings is 1. The van der Waals surface area contributed by atoms with Crippen molar-refractivity contribution in [1.29, 1.82) is 0 Å². The van der Waals surface area contributed by atoms with Crippen molar-refractivity contribution in [3.8, 4) is 0 Å². The highest BCUT2D eigenvalue weighted by molar-refractivity contribution is 7.15. The summed E-state index contributed by atoms with van der Waals surface area (Å²) in [5, 5.41) is 4.29. The molecule has 0 unspecified atom stereocenters. The first-order valence-electron chi connectivity index (χ1n) is 6.33. The molecule has 0 fully saturated rings. The van der Waals surface area contributed by atoms with Gasteiger partial charge in [0.15, 0.2) is 5.13 Å². The standard InChI is InChI=1S/C14H17N3S/c1-2-15-14-16-7-13(18-14)10-17-8-11-5-3-4-6-12(11)9-17/h3-7H,2,8-10H2,1H3,(H,15,16). The lowest BCUT2D eigenvalue weighted by Crippen LogP contribution is -2.14. The molecule has 0 radical (unpaired) electrons. The van der Waals surface area contributed by atoms with E-state index in [-0.39, 0.29) is 0 Å². The molecule has 2 aromatic rings. The Bertz CT molecular complexity index is 510. The Hall–Kier alpha value is -1.39. The molecule has 1 aromatic carbocycles. The van der Waals surface area contributed by atoms with Gasteiger partial charge < -0.3 is 5.32 Å². The van der Waals surface area contributed by atoms with Gasteiger partial charge in [-0.05, 0) is 18.1 Å². The van der Waals surface area contributed by atoms with Gasteiger partial charge in [0.2, 0.25) is 0 Å². The van der Waals surface area contributed by atoms with Crippen LogP contribution < -0.4 is 5.32 Å². The van der Waals surface area contributed by atoms with Gasteiger partial charge in [0.25, 0.3) is 0 Å². The highest BCUT2D eigenvalue weighted by Crippen LogP contribution is 2.26. The number of hydrogen-bond donors (Lipinski definition) is 1. The fraction of sp³-hybridized carbons (Fsp3) is 0.357. The van der Waals surface area contributed by atoms with Crippen LogP contribution in [0.2, 0.25) is 0 Å². The van der Waals surface area contributed by atoms with E-state index < -0.39 is 0 Å². The highest BCUT2D eigenvalue weighted by Gasteiger charge is 2.18. The molecule has 0 saturated heterocycles. The Morgan fingerprint density at radius 3 is 2.67 bits per heavy atom. The summed E-state index contributed by atoms with van der Waals surface area (Å²) in [5.41, 5.74) is 2.93. The lowest BCUT2D eigenvalue weighted by molar-refractivity contribution is 0.278. The normalized spacial score (nSPS) is 14.7. The van der Waals surface area contributed by atoms with E-state index in [1.165, 1.54) is 16.0 Å². The van der Waals surface area contributed by atoms with E-state index in [1.807, 2.05) is 6.20 Å². The first kappa shape index (κ1) is 11.7. The molecule has 3 rings (SSSR count). The van der Waals surface area contributed by atoms with Crippen LogP contribution in [0.1, 0.15) is 22.9 Å². The molecule has 0 aliphatic carbocycles. The van der Waals surface area contributed by atoms with Crippen LogP contribution in [0.4, 0.5) is 5.13 Å². The molecule has 0 atom stereocenters. The third-order valence-electron chi connectivity index (χ3n) is 3.17. The molecule has 3 nitrogen and oxygen atoms in total. The smallest absolute Gasteiger partial charge is 0.182 e. The van der Waals surface area contributed by atoms with Gasteiger partial charge in [0, 0.05) is 37.3 Å². The summed E-state index contributed by atoms with van der Waals surface area (Å²) in [6, 6.07) is 8.70. The van der Waals surface area contributed by atoms with E-state index in [1.54, 1.807) is 11.3 Å². The zero-order valence-electron chi connectivity index (χ0n) is 10.5. The highest BCUT2D eigenvalue weighted by atomic mass is 32.1. The van der Waals surface area contributed by atoms with Crippen LogP contribution in [0.5, 0.6) is 0 Å². The lowest BCUT2D eigenvalue weighted by Gasteiger charge is -2.12. The zero-order chi connectivity index (χ0) is 12.4. The molecule has 94 valence electrons. The van der Waals surface area contributed by atoms with Crippen molar-refractivity contribution in [2.75, 3.05) is 11.9 Å². The molecule has 0 amide bonds. The number of hydrogen-bond acceptors (Lipinski definition) is 4. The average Bonchev–Trinajstić information content (AvgIpc) is 2.96. The van der Waals surface area contributed by atoms with Crippen LogP contribution in [0.3, 0.4) is 0 Å². The Labute approximate surface area is 111 Å². The third kappa shape index (κ3) is 2.40. The predicted molar refractivity (Wildman–Crippen MR) is 75.7 cm³/mol. The summed E-state index contributed by atoms with van der Waals surface area (Å²) < 4.78 is 0. The van der Waals surface area contributed by atoms with E-state index in [2.05, 4.69) is 46.4 Å². The van der Waals surface area contributed by atoms with E-state index in [0.29, 0.717) is 0 Å². The third-order valence-corrected chi connectivity index (χ3v) is 4.11. The van der Waals surface area contributed by atoms with Crippen molar-refractivity contribution < 1.29 is 0 Å². The minimum Gasteiger partial charge on any atom is -0.362 e. The molecule has 18 heavy (non-hydrogen) atoms. The lowest BCUT2D eigenvalue weighted by atomic mass is 10.1. The summed E-state index contributed by atoms with van der Waals surface area (Å²) in [4.78, 5) is 8.18. The number of nitrogens with one attached hydrogen (secondary N) is 1. The molecule has 4 heteroatoms. The molecule has 1 aliphatic heterocycles. The van der Waals surface area contributed by atoms with E-state index in [9.17, 15) is 0 Å². The summed E-state index contributed by atoms with van der Waals surface area (Å²) in [7, 11) is 0. The molecule has 0 saturated carbocycles. The topological polar surface area (TPSA) is 28.2 Å². The molecule has 2 heterocycles. The number of fused-ring (bicyclic) bond motifs is 1. The van der Waals surface area contributed by atoms with Crippen LogP contribution >= 0.6 is 11.3 Å². The Morgan fingerprint density at radius 2 is 2.00 bits per heavy atom. The van der Waals surface area contributed by atoms with Crippen molar-refractivity contribution in [3.63, 3.8) is 0 Å². The van der Waals surface area contributed by atoms with Crippen LogP contribution in [-0.2, 0) is 19.6 Å². The second-order valence-corrected chi connectivity index (χ2v) is 5.69. The fourth-order valence-corrected chi connectivity index (χ4v) is 3.27. The SMILES string of the molecule is CCNc1ncc(CN2Cc3ccccc3C2)s1. The van der Waals surface area contributed by atoms with E-state index >= 15 is 0 Å². The van der Waals surface area contributed by atoms with Gasteiger partial charge in [-0.3, -0.25) is 4.90 Å². The monoisotopic (exact) mass is 259 g/mol. The molecule has 1 aliphatic rings. The molecular weight excluding hydrogens is 242 g/mol. The van der Waals surface area contributed by atoms with Crippen molar-refractivity contribution in [1.82, 2.24) is 9.88 Å². The summed E-state index contributed by atoms with van der Waals surface area (Å²) >= 11 is 1.76. The van der Waals surface area contributed by atoms with E-state index in [4.69, 9.17) is 0 Å². The van der Waals surface area contributed by atoms with Gasteiger partial charge in [-0.15, -0.1) is 11.3 Å². The fourth-order valence-electron chi connectivity index (χ4n) is 2.35.